The first kappa shape index (κ1) is 12.5. The van der Waals surface area contributed by atoms with Gasteiger partial charge in [0.15, 0.2) is 5.13 Å². The van der Waals surface area contributed by atoms with Crippen molar-refractivity contribution in [2.75, 3.05) is 5.32 Å². The molecule has 96 valence electrons. The van der Waals surface area contributed by atoms with E-state index in [-0.39, 0.29) is 5.91 Å². The van der Waals surface area contributed by atoms with Crippen LogP contribution in [0.2, 0.25) is 5.02 Å². The number of nitrogens with zero attached hydrogens (tertiary/aromatic N) is 2. The minimum absolute atomic E-state index is 0.241. The highest BCUT2D eigenvalue weighted by Crippen LogP contribution is 2.28. The summed E-state index contributed by atoms with van der Waals surface area (Å²) in [6.07, 6.45) is 0. The van der Waals surface area contributed by atoms with Crippen molar-refractivity contribution in [1.82, 2.24) is 9.97 Å². The van der Waals surface area contributed by atoms with Crippen molar-refractivity contribution in [1.29, 1.82) is 0 Å². The molecule has 0 fully saturated rings. The topological polar surface area (TPSA) is 54.9 Å². The van der Waals surface area contributed by atoms with E-state index >= 15 is 0 Å². The largest absolute Gasteiger partial charge is 0.296 e. The Morgan fingerprint density at radius 1 is 1.37 bits per heavy atom. The van der Waals surface area contributed by atoms with Gasteiger partial charge in [-0.2, -0.15) is 0 Å². The molecule has 0 saturated heterocycles. The lowest BCUT2D eigenvalue weighted by Gasteiger charge is -1.96. The van der Waals surface area contributed by atoms with Crippen LogP contribution in [0, 0.1) is 6.92 Å². The van der Waals surface area contributed by atoms with Crippen LogP contribution in [0.5, 0.6) is 0 Å². The van der Waals surface area contributed by atoms with E-state index in [4.69, 9.17) is 11.6 Å². The van der Waals surface area contributed by atoms with Crippen LogP contribution in [-0.2, 0) is 0 Å². The molecule has 0 saturated carbocycles. The predicted octanol–water partition coefficient (Wildman–Crippen LogP) is 3.97. The molecular weight excluding hydrogens is 302 g/mol. The molecule has 0 atom stereocenters. The van der Waals surface area contributed by atoms with Crippen molar-refractivity contribution in [3.63, 3.8) is 0 Å². The number of fused-ring (bicyclic) bond motifs is 1. The molecule has 3 aromatic rings. The Labute approximate surface area is 122 Å². The van der Waals surface area contributed by atoms with E-state index in [1.165, 1.54) is 22.7 Å². The molecule has 0 radical (unpaired) electrons. The van der Waals surface area contributed by atoms with Crippen molar-refractivity contribution in [3.05, 3.63) is 39.3 Å². The molecule has 3 rings (SSSR count). The van der Waals surface area contributed by atoms with Gasteiger partial charge < -0.3 is 0 Å². The lowest BCUT2D eigenvalue weighted by Crippen LogP contribution is -2.11. The normalized spacial score (nSPS) is 10.8. The molecule has 1 amide bonds. The van der Waals surface area contributed by atoms with E-state index in [0.29, 0.717) is 15.8 Å². The fraction of sp³-hybridized carbons (Fsp3) is 0.0833. The molecule has 2 heterocycles. The first-order valence-electron chi connectivity index (χ1n) is 5.41. The maximum atomic E-state index is 11.9. The number of carbonyl (C=O) groups excluding carboxylic acids is 1. The number of aromatic nitrogens is 2. The first-order valence-corrected chi connectivity index (χ1v) is 7.49. The molecule has 19 heavy (non-hydrogen) atoms. The van der Waals surface area contributed by atoms with Crippen LogP contribution in [-0.4, -0.2) is 15.9 Å². The summed E-state index contributed by atoms with van der Waals surface area (Å²) in [5, 5.41) is 6.55. The number of nitrogens with one attached hydrogen (secondary N) is 1. The van der Waals surface area contributed by atoms with Gasteiger partial charge in [-0.25, -0.2) is 9.97 Å². The summed E-state index contributed by atoms with van der Waals surface area (Å²) >= 11 is 8.75. The minimum atomic E-state index is -0.241. The van der Waals surface area contributed by atoms with Crippen molar-refractivity contribution in [2.45, 2.75) is 6.92 Å². The van der Waals surface area contributed by atoms with Crippen molar-refractivity contribution < 1.29 is 4.79 Å². The molecule has 0 spiro atoms. The number of anilines is 1. The number of carbonyl (C=O) groups is 1. The van der Waals surface area contributed by atoms with Crippen LogP contribution in [0.3, 0.4) is 0 Å². The minimum Gasteiger partial charge on any atom is -0.296 e. The Balaban J connectivity index is 1.87. The second-order valence-corrected chi connectivity index (χ2v) is 6.37. The highest BCUT2D eigenvalue weighted by atomic mass is 35.5. The molecule has 0 unspecified atom stereocenters. The molecule has 2 aromatic heterocycles. The van der Waals surface area contributed by atoms with Gasteiger partial charge in [0.25, 0.3) is 5.91 Å². The van der Waals surface area contributed by atoms with Gasteiger partial charge in [-0.15, -0.1) is 11.3 Å². The van der Waals surface area contributed by atoms with Gasteiger partial charge in [-0.05, 0) is 25.1 Å². The monoisotopic (exact) mass is 309 g/mol. The molecule has 4 nitrogen and oxygen atoms in total. The third kappa shape index (κ3) is 2.60. The smallest absolute Gasteiger partial charge is 0.276 e. The molecule has 7 heteroatoms. The summed E-state index contributed by atoms with van der Waals surface area (Å²) in [4.78, 5) is 20.4. The summed E-state index contributed by atoms with van der Waals surface area (Å²) in [5.74, 6) is -0.241. The van der Waals surface area contributed by atoms with E-state index in [9.17, 15) is 4.79 Å². The lowest BCUT2D eigenvalue weighted by atomic mass is 10.3. The zero-order chi connectivity index (χ0) is 13.4. The average Bonchev–Trinajstić information content (AvgIpc) is 2.94. The van der Waals surface area contributed by atoms with Crippen LogP contribution in [0.1, 0.15) is 15.5 Å². The summed E-state index contributed by atoms with van der Waals surface area (Å²) in [7, 11) is 0. The Morgan fingerprint density at radius 2 is 2.21 bits per heavy atom. The number of rotatable bonds is 2. The van der Waals surface area contributed by atoms with Crippen molar-refractivity contribution in [2.24, 2.45) is 0 Å². The molecule has 0 aliphatic carbocycles. The second kappa shape index (κ2) is 4.88. The Hall–Kier alpha value is -1.50. The van der Waals surface area contributed by atoms with Gasteiger partial charge in [0.2, 0.25) is 0 Å². The molecule has 0 aliphatic rings. The standard InChI is InChI=1S/C12H8ClN3OS2/c1-6-14-9(5-18-6)11(17)16-12-15-8-3-2-7(13)4-10(8)19-12/h2-5H,1H3,(H,15,16,17). The van der Waals surface area contributed by atoms with E-state index in [1.807, 2.05) is 19.1 Å². The second-order valence-electron chi connectivity index (χ2n) is 3.84. The molecular formula is C12H8ClN3OS2. The third-order valence-electron chi connectivity index (χ3n) is 2.42. The number of amides is 1. The van der Waals surface area contributed by atoms with Crippen molar-refractivity contribution in [3.8, 4) is 0 Å². The highest BCUT2D eigenvalue weighted by molar-refractivity contribution is 7.22. The van der Waals surface area contributed by atoms with Gasteiger partial charge in [-0.3, -0.25) is 10.1 Å². The summed E-state index contributed by atoms with van der Waals surface area (Å²) < 4.78 is 0.942. The Bertz CT molecular complexity index is 765. The zero-order valence-corrected chi connectivity index (χ0v) is 12.2. The van der Waals surface area contributed by atoms with E-state index in [1.54, 1.807) is 11.4 Å². The van der Waals surface area contributed by atoms with Crippen LogP contribution in [0.25, 0.3) is 10.2 Å². The predicted molar refractivity (Wildman–Crippen MR) is 79.4 cm³/mol. The van der Waals surface area contributed by atoms with Crippen molar-refractivity contribution >= 4 is 55.5 Å². The summed E-state index contributed by atoms with van der Waals surface area (Å²) in [6, 6.07) is 5.44. The fourth-order valence-electron chi connectivity index (χ4n) is 1.58. The van der Waals surface area contributed by atoms with Gasteiger partial charge in [0, 0.05) is 10.4 Å². The number of thiazole rings is 2. The molecule has 0 bridgehead atoms. The van der Waals surface area contributed by atoms with Crippen LogP contribution in [0.4, 0.5) is 5.13 Å². The highest BCUT2D eigenvalue weighted by Gasteiger charge is 2.12. The SMILES string of the molecule is Cc1nc(C(=O)Nc2nc3ccc(Cl)cc3s2)cs1. The number of hydrogen-bond donors (Lipinski definition) is 1. The average molecular weight is 310 g/mol. The van der Waals surface area contributed by atoms with E-state index in [2.05, 4.69) is 15.3 Å². The molecule has 1 aromatic carbocycles. The van der Waals surface area contributed by atoms with Gasteiger partial charge in [0.05, 0.1) is 15.2 Å². The maximum absolute atomic E-state index is 11.9. The zero-order valence-electron chi connectivity index (χ0n) is 9.81. The summed E-state index contributed by atoms with van der Waals surface area (Å²) in [6.45, 7) is 1.86. The Kier molecular flexibility index (Phi) is 3.22. The van der Waals surface area contributed by atoms with Crippen LogP contribution in [0.15, 0.2) is 23.6 Å². The van der Waals surface area contributed by atoms with Crippen LogP contribution >= 0.6 is 34.3 Å². The lowest BCUT2D eigenvalue weighted by molar-refractivity contribution is 0.102. The van der Waals surface area contributed by atoms with Crippen LogP contribution < -0.4 is 5.32 Å². The number of hydrogen-bond acceptors (Lipinski definition) is 5. The van der Waals surface area contributed by atoms with Gasteiger partial charge in [-0.1, -0.05) is 22.9 Å². The molecule has 1 N–H and O–H groups in total. The number of aryl methyl sites for hydroxylation is 1. The number of benzene rings is 1. The molecule has 0 aliphatic heterocycles. The Morgan fingerprint density at radius 3 is 2.95 bits per heavy atom. The van der Waals surface area contributed by atoms with Gasteiger partial charge in [0.1, 0.15) is 5.69 Å². The van der Waals surface area contributed by atoms with Gasteiger partial charge >= 0.3 is 0 Å². The van der Waals surface area contributed by atoms with E-state index in [0.717, 1.165) is 15.2 Å². The maximum Gasteiger partial charge on any atom is 0.276 e. The number of halogens is 1. The fourth-order valence-corrected chi connectivity index (χ4v) is 3.31. The summed E-state index contributed by atoms with van der Waals surface area (Å²) in [5.41, 5.74) is 1.24. The first-order chi connectivity index (χ1) is 9.11. The van der Waals surface area contributed by atoms with E-state index < -0.39 is 0 Å². The third-order valence-corrected chi connectivity index (χ3v) is 4.36. The quantitative estimate of drug-likeness (QED) is 0.779.